The first-order valence-electron chi connectivity index (χ1n) is 8.63. The minimum Gasteiger partial charge on any atom is -0.345 e. The van der Waals surface area contributed by atoms with E-state index in [0.717, 1.165) is 17.7 Å². The van der Waals surface area contributed by atoms with Crippen LogP contribution in [0.5, 0.6) is 0 Å². The number of nitrogens with one attached hydrogen (secondary N) is 3. The molecule has 27 heavy (non-hydrogen) atoms. The molecule has 0 saturated heterocycles. The molecule has 3 N–H and O–H groups in total. The number of hydrogen-bond acceptors (Lipinski definition) is 3. The largest absolute Gasteiger partial charge is 0.345 e. The molecular weight excluding hydrogens is 366 g/mol. The van der Waals surface area contributed by atoms with Crippen molar-refractivity contribution in [3.05, 3.63) is 64.7 Å². The zero-order valence-electron chi connectivity index (χ0n) is 15.2. The van der Waals surface area contributed by atoms with Crippen LogP contribution in [-0.4, -0.2) is 30.3 Å². The van der Waals surface area contributed by atoms with E-state index in [9.17, 15) is 14.4 Å². The van der Waals surface area contributed by atoms with Gasteiger partial charge in [-0.3, -0.25) is 14.4 Å². The Morgan fingerprint density at radius 3 is 2.41 bits per heavy atom. The van der Waals surface area contributed by atoms with Gasteiger partial charge in [0.05, 0.1) is 17.1 Å². The number of amides is 3. The van der Waals surface area contributed by atoms with Crippen LogP contribution < -0.4 is 16.0 Å². The van der Waals surface area contributed by atoms with Crippen LogP contribution in [0.1, 0.15) is 29.8 Å². The van der Waals surface area contributed by atoms with Gasteiger partial charge in [0.2, 0.25) is 11.8 Å². The maximum atomic E-state index is 12.2. The lowest BCUT2D eigenvalue weighted by Crippen LogP contribution is -2.46. The van der Waals surface area contributed by atoms with Crippen LogP contribution in [0.4, 0.5) is 5.69 Å². The second-order valence-electron chi connectivity index (χ2n) is 5.95. The van der Waals surface area contributed by atoms with Gasteiger partial charge in [-0.15, -0.1) is 0 Å². The van der Waals surface area contributed by atoms with Crippen molar-refractivity contribution in [3.8, 4) is 0 Å². The van der Waals surface area contributed by atoms with E-state index < -0.39 is 17.9 Å². The molecular formula is C20H22ClN3O3. The van der Waals surface area contributed by atoms with Gasteiger partial charge >= 0.3 is 0 Å². The van der Waals surface area contributed by atoms with Gasteiger partial charge in [0.15, 0.2) is 0 Å². The zero-order valence-corrected chi connectivity index (χ0v) is 16.0. The molecule has 0 bridgehead atoms. The monoisotopic (exact) mass is 387 g/mol. The second-order valence-corrected chi connectivity index (χ2v) is 6.36. The van der Waals surface area contributed by atoms with Crippen LogP contribution in [-0.2, 0) is 16.0 Å². The summed E-state index contributed by atoms with van der Waals surface area (Å²) in [5, 5.41) is 8.15. The number of anilines is 1. The molecule has 0 aliphatic rings. The summed E-state index contributed by atoms with van der Waals surface area (Å²) in [5.41, 5.74) is 2.02. The van der Waals surface area contributed by atoms with Crippen molar-refractivity contribution >= 4 is 35.0 Å². The van der Waals surface area contributed by atoms with Gasteiger partial charge in [-0.05, 0) is 37.1 Å². The third kappa shape index (κ3) is 5.82. The van der Waals surface area contributed by atoms with E-state index in [-0.39, 0.29) is 18.0 Å². The Morgan fingerprint density at radius 1 is 1.04 bits per heavy atom. The number of hydrogen-bond donors (Lipinski definition) is 3. The van der Waals surface area contributed by atoms with E-state index in [2.05, 4.69) is 16.0 Å². The fourth-order valence-electron chi connectivity index (χ4n) is 2.45. The molecule has 0 radical (unpaired) electrons. The molecule has 0 saturated carbocycles. The van der Waals surface area contributed by atoms with Crippen LogP contribution in [0.15, 0.2) is 48.5 Å². The average molecular weight is 388 g/mol. The number of carbonyl (C=O) groups is 3. The lowest BCUT2D eigenvalue weighted by molar-refractivity contribution is -0.125. The van der Waals surface area contributed by atoms with Crippen molar-refractivity contribution < 1.29 is 14.4 Å². The van der Waals surface area contributed by atoms with Crippen molar-refractivity contribution in [1.82, 2.24) is 10.6 Å². The van der Waals surface area contributed by atoms with Crippen molar-refractivity contribution in [3.63, 3.8) is 0 Å². The van der Waals surface area contributed by atoms with Gasteiger partial charge in [0.1, 0.15) is 6.04 Å². The average Bonchev–Trinajstić information content (AvgIpc) is 2.66. The first-order chi connectivity index (χ1) is 12.9. The number of halogens is 1. The van der Waals surface area contributed by atoms with E-state index in [0.29, 0.717) is 5.02 Å². The first-order valence-corrected chi connectivity index (χ1v) is 9.01. The Balaban J connectivity index is 1.85. The van der Waals surface area contributed by atoms with Gasteiger partial charge in [-0.2, -0.15) is 0 Å². The fraction of sp³-hybridized carbons (Fsp3) is 0.250. The van der Waals surface area contributed by atoms with Gasteiger partial charge < -0.3 is 16.0 Å². The Hall–Kier alpha value is -2.86. The number of carbonyl (C=O) groups excluding carboxylic acids is 3. The second kappa shape index (κ2) is 9.73. The summed E-state index contributed by atoms with van der Waals surface area (Å²) in [6.07, 6.45) is 0.786. The minimum atomic E-state index is -0.815. The van der Waals surface area contributed by atoms with Gasteiger partial charge in [0, 0.05) is 5.69 Å². The quantitative estimate of drug-likeness (QED) is 0.682. The van der Waals surface area contributed by atoms with Crippen LogP contribution in [0, 0.1) is 0 Å². The standard InChI is InChI=1S/C20H22ClN3O3/c1-3-14-8-4-7-11-17(14)24-18(25)12-22-19(26)13(2)23-20(27)15-9-5-6-10-16(15)21/h4-11,13H,3,12H2,1-2H3,(H,22,26)(H,23,27)(H,24,25)/t13-/m0/s1. The number of para-hydroxylation sites is 1. The van der Waals surface area contributed by atoms with Crippen LogP contribution in [0.2, 0.25) is 5.02 Å². The SMILES string of the molecule is CCc1ccccc1NC(=O)CNC(=O)[C@H](C)NC(=O)c1ccccc1Cl. The number of benzene rings is 2. The molecule has 7 heteroatoms. The third-order valence-corrected chi connectivity index (χ3v) is 4.28. The molecule has 1 atom stereocenters. The van der Waals surface area contributed by atoms with Crippen molar-refractivity contribution in [2.45, 2.75) is 26.3 Å². The highest BCUT2D eigenvalue weighted by atomic mass is 35.5. The molecule has 0 fully saturated rings. The summed E-state index contributed by atoms with van der Waals surface area (Å²) in [4.78, 5) is 36.4. The summed E-state index contributed by atoms with van der Waals surface area (Å²) in [6.45, 7) is 3.34. The Morgan fingerprint density at radius 2 is 1.70 bits per heavy atom. The molecule has 0 aromatic heterocycles. The summed E-state index contributed by atoms with van der Waals surface area (Å²) in [7, 11) is 0. The summed E-state index contributed by atoms with van der Waals surface area (Å²) < 4.78 is 0. The smallest absolute Gasteiger partial charge is 0.253 e. The molecule has 3 amide bonds. The van der Waals surface area contributed by atoms with Gasteiger partial charge in [-0.1, -0.05) is 48.9 Å². The van der Waals surface area contributed by atoms with E-state index in [4.69, 9.17) is 11.6 Å². The lowest BCUT2D eigenvalue weighted by atomic mass is 10.1. The first kappa shape index (κ1) is 20.5. The lowest BCUT2D eigenvalue weighted by Gasteiger charge is -2.15. The Labute approximate surface area is 163 Å². The molecule has 0 spiro atoms. The molecule has 142 valence electrons. The zero-order chi connectivity index (χ0) is 19.8. The van der Waals surface area contributed by atoms with Crippen molar-refractivity contribution in [1.29, 1.82) is 0 Å². The highest BCUT2D eigenvalue weighted by Gasteiger charge is 2.18. The normalized spacial score (nSPS) is 11.4. The molecule has 2 aromatic carbocycles. The van der Waals surface area contributed by atoms with Crippen molar-refractivity contribution in [2.75, 3.05) is 11.9 Å². The summed E-state index contributed by atoms with van der Waals surface area (Å²) >= 11 is 5.97. The van der Waals surface area contributed by atoms with E-state index in [1.807, 2.05) is 31.2 Å². The minimum absolute atomic E-state index is 0.191. The topological polar surface area (TPSA) is 87.3 Å². The number of aryl methyl sites for hydroxylation is 1. The predicted octanol–water partition coefficient (Wildman–Crippen LogP) is 2.78. The summed E-state index contributed by atoms with van der Waals surface area (Å²) in [6, 6.07) is 13.2. The fourth-order valence-corrected chi connectivity index (χ4v) is 2.67. The predicted molar refractivity (Wildman–Crippen MR) is 106 cm³/mol. The third-order valence-electron chi connectivity index (χ3n) is 3.95. The molecule has 0 unspecified atom stereocenters. The van der Waals surface area contributed by atoms with Gasteiger partial charge in [0.25, 0.3) is 5.91 Å². The van der Waals surface area contributed by atoms with E-state index >= 15 is 0 Å². The van der Waals surface area contributed by atoms with Crippen LogP contribution in [0.25, 0.3) is 0 Å². The Bertz CT molecular complexity index is 839. The number of rotatable bonds is 7. The molecule has 2 rings (SSSR count). The molecule has 0 aliphatic heterocycles. The Kier molecular flexibility index (Phi) is 7.37. The summed E-state index contributed by atoms with van der Waals surface area (Å²) in [5.74, 6) is -1.26. The highest BCUT2D eigenvalue weighted by Crippen LogP contribution is 2.15. The maximum absolute atomic E-state index is 12.2. The maximum Gasteiger partial charge on any atom is 0.253 e. The van der Waals surface area contributed by atoms with E-state index in [1.165, 1.54) is 6.92 Å². The molecule has 0 heterocycles. The molecule has 0 aliphatic carbocycles. The van der Waals surface area contributed by atoms with Crippen molar-refractivity contribution in [2.24, 2.45) is 0 Å². The van der Waals surface area contributed by atoms with Crippen LogP contribution >= 0.6 is 11.6 Å². The molecule has 6 nitrogen and oxygen atoms in total. The highest BCUT2D eigenvalue weighted by molar-refractivity contribution is 6.33. The van der Waals surface area contributed by atoms with Gasteiger partial charge in [-0.25, -0.2) is 0 Å². The van der Waals surface area contributed by atoms with Crippen LogP contribution in [0.3, 0.4) is 0 Å². The van der Waals surface area contributed by atoms with E-state index in [1.54, 1.807) is 24.3 Å². The molecule has 2 aromatic rings.